The largest absolute Gasteiger partial charge is 0.460 e. The van der Waals surface area contributed by atoms with Gasteiger partial charge in [0.1, 0.15) is 6.10 Å². The Balaban J connectivity index is 1.54. The Labute approximate surface area is 190 Å². The molecule has 0 aromatic heterocycles. The molecule has 3 atom stereocenters. The monoisotopic (exact) mass is 467 g/mol. The van der Waals surface area contributed by atoms with Gasteiger partial charge in [0, 0.05) is 13.1 Å². The summed E-state index contributed by atoms with van der Waals surface area (Å²) in [5.41, 5.74) is 0.171. The van der Waals surface area contributed by atoms with E-state index >= 15 is 0 Å². The average molecular weight is 468 g/mol. The molecule has 0 spiro atoms. The maximum atomic E-state index is 12.7. The van der Waals surface area contributed by atoms with Crippen LogP contribution in [0.2, 0.25) is 0 Å². The van der Waals surface area contributed by atoms with Crippen molar-refractivity contribution in [1.82, 2.24) is 4.31 Å². The van der Waals surface area contributed by atoms with E-state index in [1.807, 2.05) is 0 Å². The first-order valence-corrected chi connectivity index (χ1v) is 12.7. The lowest BCUT2D eigenvalue weighted by Crippen LogP contribution is -2.40. The fourth-order valence-electron chi connectivity index (χ4n) is 4.36. The van der Waals surface area contributed by atoms with Gasteiger partial charge in [-0.25, -0.2) is 18.0 Å². The molecule has 1 heterocycles. The molecule has 1 saturated heterocycles. The molecule has 0 amide bonds. The lowest BCUT2D eigenvalue weighted by Gasteiger charge is -2.36. The predicted molar refractivity (Wildman–Crippen MR) is 118 cm³/mol. The number of carbonyl (C=O) groups excluding carboxylic acids is 2. The fraction of sp³-hybridized carbons (Fsp3) is 0.652. The van der Waals surface area contributed by atoms with E-state index in [0.717, 1.165) is 19.3 Å². The minimum absolute atomic E-state index is 0.0986. The summed E-state index contributed by atoms with van der Waals surface area (Å²) in [5, 5.41) is 0. The summed E-state index contributed by atoms with van der Waals surface area (Å²) in [6.45, 7) is 7.25. The number of rotatable bonds is 7. The minimum Gasteiger partial charge on any atom is -0.460 e. The summed E-state index contributed by atoms with van der Waals surface area (Å²) >= 11 is 0. The standard InChI is InChI=1S/C23H33NO7S/c1-16(2)20-9-4-17(3)14-21(20)31-22(25)15-30-23(26)18-5-7-19(8-6-18)32(27,28)24-10-12-29-13-11-24/h5-8,16-17,20-21H,4,9-15H2,1-3H3/t17-,20-,21+/m0/s1. The number of esters is 2. The second-order valence-electron chi connectivity index (χ2n) is 8.97. The summed E-state index contributed by atoms with van der Waals surface area (Å²) in [5.74, 6) is -0.0381. The zero-order valence-corrected chi connectivity index (χ0v) is 19.8. The predicted octanol–water partition coefficient (Wildman–Crippen LogP) is 2.87. The third-order valence-corrected chi connectivity index (χ3v) is 8.18. The van der Waals surface area contributed by atoms with Crippen LogP contribution in [0, 0.1) is 17.8 Å². The molecule has 178 valence electrons. The van der Waals surface area contributed by atoms with E-state index in [1.54, 1.807) is 0 Å². The van der Waals surface area contributed by atoms with Crippen LogP contribution < -0.4 is 0 Å². The van der Waals surface area contributed by atoms with Crippen LogP contribution in [0.25, 0.3) is 0 Å². The highest BCUT2D eigenvalue weighted by molar-refractivity contribution is 7.89. The second-order valence-corrected chi connectivity index (χ2v) is 10.9. The molecular weight excluding hydrogens is 434 g/mol. The van der Waals surface area contributed by atoms with Crippen molar-refractivity contribution >= 4 is 22.0 Å². The molecule has 0 bridgehead atoms. The summed E-state index contributed by atoms with van der Waals surface area (Å²) < 4.78 is 42.6. The van der Waals surface area contributed by atoms with Crippen molar-refractivity contribution in [2.24, 2.45) is 17.8 Å². The van der Waals surface area contributed by atoms with Gasteiger partial charge >= 0.3 is 11.9 Å². The number of morpholine rings is 1. The number of sulfonamides is 1. The molecular formula is C23H33NO7S. The number of ether oxygens (including phenoxy) is 3. The van der Waals surface area contributed by atoms with Gasteiger partial charge < -0.3 is 14.2 Å². The minimum atomic E-state index is -3.64. The van der Waals surface area contributed by atoms with E-state index in [9.17, 15) is 18.0 Å². The van der Waals surface area contributed by atoms with Crippen LogP contribution in [-0.4, -0.2) is 63.7 Å². The summed E-state index contributed by atoms with van der Waals surface area (Å²) in [7, 11) is -3.64. The van der Waals surface area contributed by atoms with Gasteiger partial charge in [0.2, 0.25) is 10.0 Å². The van der Waals surface area contributed by atoms with Gasteiger partial charge in [0.15, 0.2) is 6.61 Å². The number of carbonyl (C=O) groups is 2. The Morgan fingerprint density at radius 2 is 1.78 bits per heavy atom. The Kier molecular flexibility index (Phi) is 8.30. The number of hydrogen-bond acceptors (Lipinski definition) is 7. The smallest absolute Gasteiger partial charge is 0.344 e. The lowest BCUT2D eigenvalue weighted by atomic mass is 9.75. The molecule has 0 N–H and O–H groups in total. The lowest BCUT2D eigenvalue weighted by molar-refractivity contribution is -0.159. The van der Waals surface area contributed by atoms with Gasteiger partial charge in [0.05, 0.1) is 23.7 Å². The van der Waals surface area contributed by atoms with Crippen molar-refractivity contribution in [3.8, 4) is 0 Å². The Morgan fingerprint density at radius 3 is 2.41 bits per heavy atom. The first kappa shape index (κ1) is 24.7. The first-order chi connectivity index (χ1) is 15.2. The average Bonchev–Trinajstić information content (AvgIpc) is 2.78. The Hall–Kier alpha value is -1.97. The van der Waals surface area contributed by atoms with E-state index < -0.39 is 28.6 Å². The van der Waals surface area contributed by atoms with Crippen LogP contribution in [0.1, 0.15) is 50.4 Å². The Bertz CT molecular complexity index is 891. The third kappa shape index (κ3) is 6.08. The van der Waals surface area contributed by atoms with Crippen LogP contribution in [0.5, 0.6) is 0 Å². The maximum absolute atomic E-state index is 12.7. The molecule has 2 fully saturated rings. The van der Waals surface area contributed by atoms with Crippen LogP contribution in [0.3, 0.4) is 0 Å². The molecule has 1 aliphatic heterocycles. The number of nitrogens with zero attached hydrogens (tertiary/aromatic N) is 1. The van der Waals surface area contributed by atoms with Crippen molar-refractivity contribution in [2.45, 2.75) is 51.0 Å². The van der Waals surface area contributed by atoms with Crippen LogP contribution in [0.4, 0.5) is 0 Å². The van der Waals surface area contributed by atoms with Crippen molar-refractivity contribution in [3.05, 3.63) is 29.8 Å². The van der Waals surface area contributed by atoms with Crippen LogP contribution in [-0.2, 0) is 29.0 Å². The molecule has 9 heteroatoms. The second kappa shape index (κ2) is 10.8. The molecule has 0 radical (unpaired) electrons. The van der Waals surface area contributed by atoms with E-state index in [4.69, 9.17) is 14.2 Å². The van der Waals surface area contributed by atoms with Crippen molar-refractivity contribution < 1.29 is 32.2 Å². The quantitative estimate of drug-likeness (QED) is 0.569. The number of hydrogen-bond donors (Lipinski definition) is 0. The summed E-state index contributed by atoms with van der Waals surface area (Å²) in [4.78, 5) is 24.7. The molecule has 1 saturated carbocycles. The number of benzene rings is 1. The van der Waals surface area contributed by atoms with Crippen molar-refractivity contribution in [2.75, 3.05) is 32.9 Å². The van der Waals surface area contributed by atoms with Crippen LogP contribution >= 0.6 is 0 Å². The fourth-order valence-corrected chi connectivity index (χ4v) is 5.77. The van der Waals surface area contributed by atoms with Gasteiger partial charge in [-0.2, -0.15) is 4.31 Å². The molecule has 3 rings (SSSR count). The third-order valence-electron chi connectivity index (χ3n) is 6.26. The zero-order chi connectivity index (χ0) is 23.3. The van der Waals surface area contributed by atoms with E-state index in [1.165, 1.54) is 28.6 Å². The van der Waals surface area contributed by atoms with Gasteiger partial charge in [-0.3, -0.25) is 0 Å². The SMILES string of the molecule is CC(C)[C@@H]1CC[C@H](C)C[C@H]1OC(=O)COC(=O)c1ccc(S(=O)(=O)N2CCOCC2)cc1. The normalized spacial score (nSPS) is 24.8. The van der Waals surface area contributed by atoms with Crippen molar-refractivity contribution in [1.29, 1.82) is 0 Å². The highest BCUT2D eigenvalue weighted by Crippen LogP contribution is 2.35. The Morgan fingerprint density at radius 1 is 1.12 bits per heavy atom. The van der Waals surface area contributed by atoms with Gasteiger partial charge in [-0.15, -0.1) is 0 Å². The molecule has 32 heavy (non-hydrogen) atoms. The van der Waals surface area contributed by atoms with Gasteiger partial charge in [-0.05, 0) is 54.9 Å². The molecule has 1 aromatic carbocycles. The van der Waals surface area contributed by atoms with E-state index in [0.29, 0.717) is 44.1 Å². The molecule has 1 aromatic rings. The van der Waals surface area contributed by atoms with Crippen molar-refractivity contribution in [3.63, 3.8) is 0 Å². The highest BCUT2D eigenvalue weighted by atomic mass is 32.2. The molecule has 1 aliphatic carbocycles. The zero-order valence-electron chi connectivity index (χ0n) is 19.0. The van der Waals surface area contributed by atoms with E-state index in [-0.39, 0.29) is 16.6 Å². The first-order valence-electron chi connectivity index (χ1n) is 11.2. The topological polar surface area (TPSA) is 99.2 Å². The van der Waals surface area contributed by atoms with E-state index in [2.05, 4.69) is 20.8 Å². The highest BCUT2D eigenvalue weighted by Gasteiger charge is 2.33. The molecule has 2 aliphatic rings. The summed E-state index contributed by atoms with van der Waals surface area (Å²) in [6, 6.07) is 5.52. The van der Waals surface area contributed by atoms with Gasteiger partial charge in [0.25, 0.3) is 0 Å². The van der Waals surface area contributed by atoms with Gasteiger partial charge in [-0.1, -0.05) is 27.2 Å². The molecule has 0 unspecified atom stereocenters. The maximum Gasteiger partial charge on any atom is 0.344 e. The van der Waals surface area contributed by atoms with Crippen LogP contribution in [0.15, 0.2) is 29.2 Å². The molecule has 8 nitrogen and oxygen atoms in total. The summed E-state index contributed by atoms with van der Waals surface area (Å²) in [6.07, 6.45) is 2.82.